The molecule has 0 amide bonds. The van der Waals surface area contributed by atoms with E-state index in [2.05, 4.69) is 5.32 Å². The number of halogens is 1. The molecule has 0 spiro atoms. The summed E-state index contributed by atoms with van der Waals surface area (Å²) in [5.74, 6) is -0.0549. The van der Waals surface area contributed by atoms with Crippen molar-refractivity contribution in [2.75, 3.05) is 25.9 Å². The highest BCUT2D eigenvalue weighted by molar-refractivity contribution is 7.91. The lowest BCUT2D eigenvalue weighted by Gasteiger charge is -2.30. The molecule has 0 aromatic heterocycles. The van der Waals surface area contributed by atoms with Crippen LogP contribution in [0.15, 0.2) is 34.1 Å². The summed E-state index contributed by atoms with van der Waals surface area (Å²) in [5.41, 5.74) is 0. The number of piperidine rings is 1. The molecule has 1 aliphatic heterocycles. The van der Waals surface area contributed by atoms with Crippen molar-refractivity contribution < 1.29 is 16.8 Å². The Kier molecular flexibility index (Phi) is 7.03. The quantitative estimate of drug-likeness (QED) is 0.829. The average molecular weight is 383 g/mol. The number of hydrogen-bond acceptors (Lipinski definition) is 5. The maximum Gasteiger partial charge on any atom is 0.243 e. The molecular weight excluding hydrogens is 360 g/mol. The lowest BCUT2D eigenvalue weighted by Crippen LogP contribution is -2.43. The molecule has 0 atom stereocenters. The zero-order valence-corrected chi connectivity index (χ0v) is 15.7. The predicted molar refractivity (Wildman–Crippen MR) is 92.3 cm³/mol. The standard InChI is InChI=1S/C14H22N2O4S2.ClH/c1-3-21(17,18)13-5-4-6-14(11-13)22(19,20)16(2)12-7-9-15-10-8-12;/h4-6,11-12,15H,3,7-10H2,1-2H3;1H. The molecule has 132 valence electrons. The van der Waals surface area contributed by atoms with Crippen molar-refractivity contribution in [3.8, 4) is 0 Å². The zero-order chi connectivity index (χ0) is 16.4. The molecule has 6 nitrogen and oxygen atoms in total. The number of hydrogen-bond donors (Lipinski definition) is 1. The van der Waals surface area contributed by atoms with Gasteiger partial charge >= 0.3 is 0 Å². The molecule has 0 bridgehead atoms. The molecule has 1 saturated heterocycles. The molecule has 9 heteroatoms. The van der Waals surface area contributed by atoms with E-state index in [1.807, 2.05) is 0 Å². The van der Waals surface area contributed by atoms with Gasteiger partial charge in [0.15, 0.2) is 9.84 Å². The molecule has 1 heterocycles. The Balaban J connectivity index is 0.00000264. The number of nitrogens with one attached hydrogen (secondary N) is 1. The molecule has 1 aromatic rings. The molecule has 1 aliphatic rings. The van der Waals surface area contributed by atoms with Crippen molar-refractivity contribution in [3.63, 3.8) is 0 Å². The Hall–Kier alpha value is -0.670. The van der Waals surface area contributed by atoms with Crippen LogP contribution in [0.5, 0.6) is 0 Å². The van der Waals surface area contributed by atoms with Crippen LogP contribution in [0.1, 0.15) is 19.8 Å². The largest absolute Gasteiger partial charge is 0.317 e. The third kappa shape index (κ3) is 4.45. The van der Waals surface area contributed by atoms with E-state index in [4.69, 9.17) is 0 Å². The van der Waals surface area contributed by atoms with Crippen LogP contribution in [-0.2, 0) is 19.9 Å². The predicted octanol–water partition coefficient (Wildman–Crippen LogP) is 1.27. The van der Waals surface area contributed by atoms with E-state index in [-0.39, 0.29) is 34.0 Å². The number of sulfone groups is 1. The second-order valence-electron chi connectivity index (χ2n) is 5.38. The van der Waals surface area contributed by atoms with Gasteiger partial charge in [-0.2, -0.15) is 4.31 Å². The van der Waals surface area contributed by atoms with Crippen LogP contribution < -0.4 is 5.32 Å². The van der Waals surface area contributed by atoms with E-state index in [1.165, 1.54) is 35.5 Å². The first kappa shape index (κ1) is 20.4. The number of benzene rings is 1. The van der Waals surface area contributed by atoms with Crippen molar-refractivity contribution in [2.24, 2.45) is 0 Å². The van der Waals surface area contributed by atoms with E-state index in [9.17, 15) is 16.8 Å². The third-order valence-corrected chi connectivity index (χ3v) is 7.68. The van der Waals surface area contributed by atoms with Crippen LogP contribution in [-0.4, -0.2) is 53.1 Å². The maximum atomic E-state index is 12.7. The highest BCUT2D eigenvalue weighted by Gasteiger charge is 2.29. The van der Waals surface area contributed by atoms with Gasteiger partial charge in [-0.05, 0) is 44.1 Å². The van der Waals surface area contributed by atoms with Gasteiger partial charge in [0.1, 0.15) is 0 Å². The van der Waals surface area contributed by atoms with E-state index < -0.39 is 19.9 Å². The molecule has 23 heavy (non-hydrogen) atoms. The van der Waals surface area contributed by atoms with Crippen LogP contribution in [0.3, 0.4) is 0 Å². The Bertz CT molecular complexity index is 729. The second kappa shape index (κ2) is 7.94. The first-order chi connectivity index (χ1) is 10.3. The lowest BCUT2D eigenvalue weighted by molar-refractivity contribution is 0.296. The molecular formula is C14H23ClN2O4S2. The summed E-state index contributed by atoms with van der Waals surface area (Å²) in [6, 6.07) is 5.55. The van der Waals surface area contributed by atoms with Crippen molar-refractivity contribution in [3.05, 3.63) is 24.3 Å². The van der Waals surface area contributed by atoms with Crippen molar-refractivity contribution in [1.29, 1.82) is 0 Å². The summed E-state index contributed by atoms with van der Waals surface area (Å²) in [6.07, 6.45) is 1.51. The SMILES string of the molecule is CCS(=O)(=O)c1cccc(S(=O)(=O)N(C)C2CCNCC2)c1.Cl. The highest BCUT2D eigenvalue weighted by Crippen LogP contribution is 2.23. The molecule has 0 aliphatic carbocycles. The number of nitrogens with zero attached hydrogens (tertiary/aromatic N) is 1. The van der Waals surface area contributed by atoms with Gasteiger partial charge in [0.2, 0.25) is 10.0 Å². The topological polar surface area (TPSA) is 83.5 Å². The number of rotatable bonds is 5. The Morgan fingerprint density at radius 2 is 1.70 bits per heavy atom. The summed E-state index contributed by atoms with van der Waals surface area (Å²) in [4.78, 5) is 0.0813. The highest BCUT2D eigenvalue weighted by atomic mass is 35.5. The molecule has 2 rings (SSSR count). The van der Waals surface area contributed by atoms with Gasteiger partial charge in [-0.1, -0.05) is 13.0 Å². The van der Waals surface area contributed by atoms with Gasteiger partial charge in [-0.3, -0.25) is 0 Å². The summed E-state index contributed by atoms with van der Waals surface area (Å²) in [6.45, 7) is 3.11. The normalized spacial score (nSPS) is 17.0. The summed E-state index contributed by atoms with van der Waals surface area (Å²) >= 11 is 0. The monoisotopic (exact) mass is 382 g/mol. The molecule has 0 saturated carbocycles. The Morgan fingerprint density at radius 3 is 2.26 bits per heavy atom. The van der Waals surface area contributed by atoms with E-state index in [0.717, 1.165) is 25.9 Å². The van der Waals surface area contributed by atoms with Gasteiger partial charge in [0.25, 0.3) is 0 Å². The smallest absolute Gasteiger partial charge is 0.243 e. The fourth-order valence-electron chi connectivity index (χ4n) is 2.53. The average Bonchev–Trinajstić information content (AvgIpc) is 2.55. The van der Waals surface area contributed by atoms with Gasteiger partial charge in [0, 0.05) is 13.1 Å². The molecule has 0 unspecified atom stereocenters. The Labute approximate surface area is 144 Å². The van der Waals surface area contributed by atoms with Crippen LogP contribution in [0.4, 0.5) is 0 Å². The first-order valence-electron chi connectivity index (χ1n) is 7.30. The van der Waals surface area contributed by atoms with Crippen LogP contribution in [0.2, 0.25) is 0 Å². The van der Waals surface area contributed by atoms with E-state index >= 15 is 0 Å². The maximum absolute atomic E-state index is 12.7. The van der Waals surface area contributed by atoms with Crippen molar-refractivity contribution in [1.82, 2.24) is 9.62 Å². The minimum Gasteiger partial charge on any atom is -0.317 e. The summed E-state index contributed by atoms with van der Waals surface area (Å²) in [7, 11) is -5.55. The summed E-state index contributed by atoms with van der Waals surface area (Å²) < 4.78 is 50.7. The van der Waals surface area contributed by atoms with E-state index in [1.54, 1.807) is 7.05 Å². The fourth-order valence-corrected chi connectivity index (χ4v) is 4.99. The van der Waals surface area contributed by atoms with Crippen LogP contribution in [0.25, 0.3) is 0 Å². The zero-order valence-electron chi connectivity index (χ0n) is 13.2. The fraction of sp³-hybridized carbons (Fsp3) is 0.571. The van der Waals surface area contributed by atoms with Gasteiger partial charge in [0.05, 0.1) is 15.5 Å². The number of sulfonamides is 1. The lowest BCUT2D eigenvalue weighted by atomic mass is 10.1. The molecule has 1 N–H and O–H groups in total. The molecule has 1 fully saturated rings. The van der Waals surface area contributed by atoms with Crippen LogP contribution >= 0.6 is 12.4 Å². The minimum absolute atomic E-state index is 0. The van der Waals surface area contributed by atoms with Crippen molar-refractivity contribution >= 4 is 32.3 Å². The molecule has 1 aromatic carbocycles. The second-order valence-corrected chi connectivity index (χ2v) is 9.66. The molecule has 0 radical (unpaired) electrons. The first-order valence-corrected chi connectivity index (χ1v) is 10.4. The minimum atomic E-state index is -3.69. The summed E-state index contributed by atoms with van der Waals surface area (Å²) in [5, 5.41) is 3.20. The Morgan fingerprint density at radius 1 is 1.13 bits per heavy atom. The van der Waals surface area contributed by atoms with Gasteiger partial charge < -0.3 is 5.32 Å². The van der Waals surface area contributed by atoms with Crippen LogP contribution in [0, 0.1) is 0 Å². The van der Waals surface area contributed by atoms with Crippen molar-refractivity contribution in [2.45, 2.75) is 35.6 Å². The van der Waals surface area contributed by atoms with Gasteiger partial charge in [-0.15, -0.1) is 12.4 Å². The third-order valence-electron chi connectivity index (χ3n) is 4.04. The van der Waals surface area contributed by atoms with E-state index in [0.29, 0.717) is 0 Å². The van der Waals surface area contributed by atoms with Gasteiger partial charge in [-0.25, -0.2) is 16.8 Å².